The van der Waals surface area contributed by atoms with E-state index in [0.717, 1.165) is 37.7 Å². The molecule has 0 amide bonds. The van der Waals surface area contributed by atoms with Gasteiger partial charge in [0.1, 0.15) is 11.4 Å². The Labute approximate surface area is 173 Å². The Morgan fingerprint density at radius 1 is 1.24 bits per heavy atom. The van der Waals surface area contributed by atoms with Gasteiger partial charge in [-0.05, 0) is 64.7 Å². The topological polar surface area (TPSA) is 61.8 Å². The van der Waals surface area contributed by atoms with E-state index in [9.17, 15) is 9.59 Å². The molecule has 5 nitrogen and oxygen atoms in total. The Bertz CT molecular complexity index is 802. The first kappa shape index (κ1) is 22.7. The van der Waals surface area contributed by atoms with Crippen molar-refractivity contribution < 1.29 is 23.8 Å². The number of allylic oxidation sites excluding steroid dienone is 2. The van der Waals surface area contributed by atoms with Crippen molar-refractivity contribution in [3.8, 4) is 17.2 Å². The van der Waals surface area contributed by atoms with E-state index in [4.69, 9.17) is 14.2 Å². The summed E-state index contributed by atoms with van der Waals surface area (Å²) in [5.74, 6) is 0.908. The number of ether oxygens (including phenoxy) is 3. The molecule has 158 valence electrons. The van der Waals surface area contributed by atoms with E-state index in [0.29, 0.717) is 35.7 Å². The van der Waals surface area contributed by atoms with E-state index in [1.54, 1.807) is 6.07 Å². The highest BCUT2D eigenvalue weighted by Gasteiger charge is 2.32. The molecule has 1 aromatic carbocycles. The van der Waals surface area contributed by atoms with Gasteiger partial charge < -0.3 is 14.2 Å². The van der Waals surface area contributed by atoms with E-state index in [2.05, 4.69) is 26.8 Å². The minimum Gasteiger partial charge on any atom is -0.479 e. The fourth-order valence-electron chi connectivity index (χ4n) is 3.42. The summed E-state index contributed by atoms with van der Waals surface area (Å²) >= 11 is 0. The molecule has 1 unspecified atom stereocenters. The van der Waals surface area contributed by atoms with Gasteiger partial charge in [0, 0.05) is 12.5 Å². The highest BCUT2D eigenvalue weighted by Crippen LogP contribution is 2.47. The van der Waals surface area contributed by atoms with E-state index in [-0.39, 0.29) is 0 Å². The monoisotopic (exact) mass is 400 g/mol. The van der Waals surface area contributed by atoms with Gasteiger partial charge >= 0.3 is 5.97 Å². The van der Waals surface area contributed by atoms with Gasteiger partial charge in [-0.25, -0.2) is 0 Å². The number of carbonyl (C=O) groups is 2. The van der Waals surface area contributed by atoms with E-state index in [1.165, 1.54) is 12.5 Å². The molecule has 0 N–H and O–H groups in total. The molecule has 0 aliphatic carbocycles. The molecule has 5 heteroatoms. The van der Waals surface area contributed by atoms with Crippen LogP contribution in [0.3, 0.4) is 0 Å². The van der Waals surface area contributed by atoms with Crippen LogP contribution in [0.2, 0.25) is 0 Å². The van der Waals surface area contributed by atoms with Crippen LogP contribution in [-0.4, -0.2) is 18.0 Å². The third-order valence-electron chi connectivity index (χ3n) is 4.91. The SMILES string of the molecule is CCCCCc1cc(OC(C)=O)c2c(c1OC=O)OC(C)(CCC=C(C)C)C=C2. The summed E-state index contributed by atoms with van der Waals surface area (Å²) in [5.41, 5.74) is 2.14. The van der Waals surface area contributed by atoms with Crippen molar-refractivity contribution in [2.45, 2.75) is 78.7 Å². The van der Waals surface area contributed by atoms with Crippen molar-refractivity contribution in [1.82, 2.24) is 0 Å². The van der Waals surface area contributed by atoms with Crippen LogP contribution >= 0.6 is 0 Å². The predicted molar refractivity (Wildman–Crippen MR) is 114 cm³/mol. The smallest absolute Gasteiger partial charge is 0.308 e. The first-order valence-corrected chi connectivity index (χ1v) is 10.3. The van der Waals surface area contributed by atoms with E-state index < -0.39 is 11.6 Å². The zero-order valence-corrected chi connectivity index (χ0v) is 18.2. The van der Waals surface area contributed by atoms with E-state index >= 15 is 0 Å². The summed E-state index contributed by atoms with van der Waals surface area (Å²) in [6.45, 7) is 10.1. The molecule has 1 aliphatic heterocycles. The Hall–Kier alpha value is -2.56. The lowest BCUT2D eigenvalue weighted by Crippen LogP contribution is -2.32. The molecule has 1 aromatic rings. The molecule has 29 heavy (non-hydrogen) atoms. The predicted octanol–water partition coefficient (Wildman–Crippen LogP) is 5.79. The second-order valence-corrected chi connectivity index (χ2v) is 7.94. The quantitative estimate of drug-likeness (QED) is 0.163. The fraction of sp³-hybridized carbons (Fsp3) is 0.500. The van der Waals surface area contributed by atoms with Gasteiger partial charge in [0.25, 0.3) is 6.47 Å². The lowest BCUT2D eigenvalue weighted by molar-refractivity contribution is -0.132. The number of benzene rings is 1. The van der Waals surface area contributed by atoms with Crippen LogP contribution in [0.5, 0.6) is 17.2 Å². The number of rotatable bonds is 10. The molecule has 1 atom stereocenters. The Morgan fingerprint density at radius 2 is 2.00 bits per heavy atom. The number of fused-ring (bicyclic) bond motifs is 1. The molecule has 0 radical (unpaired) electrons. The number of esters is 1. The van der Waals surface area contributed by atoms with Gasteiger partial charge in [-0.15, -0.1) is 0 Å². The summed E-state index contributed by atoms with van der Waals surface area (Å²) in [7, 11) is 0. The van der Waals surface area contributed by atoms with Gasteiger partial charge in [-0.2, -0.15) is 0 Å². The van der Waals surface area contributed by atoms with Crippen molar-refractivity contribution in [3.05, 3.63) is 34.9 Å². The Kier molecular flexibility index (Phi) is 8.06. The van der Waals surface area contributed by atoms with Gasteiger partial charge in [0.2, 0.25) is 0 Å². The van der Waals surface area contributed by atoms with Gasteiger partial charge in [0.15, 0.2) is 11.5 Å². The van der Waals surface area contributed by atoms with Crippen molar-refractivity contribution in [1.29, 1.82) is 0 Å². The summed E-state index contributed by atoms with van der Waals surface area (Å²) < 4.78 is 17.2. The van der Waals surface area contributed by atoms with Gasteiger partial charge in [-0.1, -0.05) is 31.4 Å². The average Bonchev–Trinajstić information content (AvgIpc) is 2.63. The maximum atomic E-state index is 11.6. The standard InChI is InChI=1S/C24H32O5/c1-6-7-8-11-19-15-21(28-18(4)26)20-12-14-24(5,13-9-10-17(2)3)29-23(20)22(19)27-16-25/h10,12,14-16H,6-9,11,13H2,1-5H3. The van der Waals surface area contributed by atoms with Crippen LogP contribution in [-0.2, 0) is 16.0 Å². The largest absolute Gasteiger partial charge is 0.479 e. The number of hydrogen-bond donors (Lipinski definition) is 0. The second kappa shape index (κ2) is 10.3. The normalized spacial score (nSPS) is 17.1. The minimum absolute atomic E-state index is 0.402. The van der Waals surface area contributed by atoms with Crippen molar-refractivity contribution in [2.75, 3.05) is 0 Å². The van der Waals surface area contributed by atoms with Gasteiger partial charge in [-0.3, -0.25) is 9.59 Å². The van der Waals surface area contributed by atoms with Crippen molar-refractivity contribution >= 4 is 18.5 Å². The molecular formula is C24H32O5. The number of hydrogen-bond acceptors (Lipinski definition) is 5. The molecule has 0 fully saturated rings. The lowest BCUT2D eigenvalue weighted by atomic mass is 9.92. The van der Waals surface area contributed by atoms with E-state index in [1.807, 2.05) is 19.1 Å². The number of unbranched alkanes of at least 4 members (excludes halogenated alkanes) is 2. The van der Waals surface area contributed by atoms with Crippen LogP contribution in [0.25, 0.3) is 6.08 Å². The molecular weight excluding hydrogens is 368 g/mol. The van der Waals surface area contributed by atoms with Gasteiger partial charge in [0.05, 0.1) is 5.56 Å². The zero-order chi connectivity index (χ0) is 21.4. The fourth-order valence-corrected chi connectivity index (χ4v) is 3.42. The molecule has 0 aromatic heterocycles. The maximum Gasteiger partial charge on any atom is 0.308 e. The van der Waals surface area contributed by atoms with Crippen molar-refractivity contribution in [3.63, 3.8) is 0 Å². The van der Waals surface area contributed by atoms with Crippen LogP contribution in [0.4, 0.5) is 0 Å². The molecule has 0 saturated carbocycles. The van der Waals surface area contributed by atoms with Crippen LogP contribution in [0.15, 0.2) is 23.8 Å². The first-order chi connectivity index (χ1) is 13.8. The lowest BCUT2D eigenvalue weighted by Gasteiger charge is -2.33. The summed E-state index contributed by atoms with van der Waals surface area (Å²) in [6.07, 6.45) is 11.5. The first-order valence-electron chi connectivity index (χ1n) is 10.3. The summed E-state index contributed by atoms with van der Waals surface area (Å²) in [6, 6.07) is 1.79. The molecule has 1 aliphatic rings. The van der Waals surface area contributed by atoms with Crippen LogP contribution in [0.1, 0.15) is 77.8 Å². The maximum absolute atomic E-state index is 11.6. The molecule has 2 rings (SSSR count). The third kappa shape index (κ3) is 6.21. The minimum atomic E-state index is -0.546. The highest BCUT2D eigenvalue weighted by atomic mass is 16.6. The Balaban J connectivity index is 2.48. The summed E-state index contributed by atoms with van der Waals surface area (Å²) in [5, 5.41) is 0. The van der Waals surface area contributed by atoms with Crippen LogP contribution < -0.4 is 14.2 Å². The molecule has 0 saturated heterocycles. The molecule has 1 heterocycles. The molecule has 0 bridgehead atoms. The summed E-state index contributed by atoms with van der Waals surface area (Å²) in [4.78, 5) is 22.9. The average molecular weight is 401 g/mol. The molecule has 0 spiro atoms. The zero-order valence-electron chi connectivity index (χ0n) is 18.2. The van der Waals surface area contributed by atoms with Crippen molar-refractivity contribution in [2.24, 2.45) is 0 Å². The second-order valence-electron chi connectivity index (χ2n) is 7.94. The Morgan fingerprint density at radius 3 is 2.62 bits per heavy atom. The van der Waals surface area contributed by atoms with Crippen LogP contribution in [0, 0.1) is 0 Å². The third-order valence-corrected chi connectivity index (χ3v) is 4.91. The number of aryl methyl sites for hydroxylation is 1. The number of carbonyl (C=O) groups excluding carboxylic acids is 2. The highest BCUT2D eigenvalue weighted by molar-refractivity contribution is 5.78.